The summed E-state index contributed by atoms with van der Waals surface area (Å²) in [7, 11) is 0. The molecule has 2 unspecified atom stereocenters. The molecule has 0 aromatic heterocycles. The van der Waals surface area contributed by atoms with Gasteiger partial charge in [0.05, 0.1) is 0 Å². The molecule has 25 heavy (non-hydrogen) atoms. The van der Waals surface area contributed by atoms with Crippen molar-refractivity contribution < 1.29 is 14.6 Å². The molecule has 5 heteroatoms. The van der Waals surface area contributed by atoms with Crippen LogP contribution in [0.4, 0.5) is 0 Å². The van der Waals surface area contributed by atoms with Gasteiger partial charge in [-0.05, 0) is 38.0 Å². The molecule has 2 aromatic carbocycles. The Morgan fingerprint density at radius 1 is 1.24 bits per heavy atom. The molecule has 2 rings (SSSR count). The molecule has 0 aliphatic rings. The van der Waals surface area contributed by atoms with E-state index in [0.717, 1.165) is 22.4 Å². The number of amides is 1. The number of ether oxygens (including phenoxy) is 1. The third kappa shape index (κ3) is 4.81. The second-order valence-corrected chi connectivity index (χ2v) is 6.47. The monoisotopic (exact) mass is 342 g/mol. The molecule has 134 valence electrons. The van der Waals surface area contributed by atoms with Crippen molar-refractivity contribution in [2.24, 2.45) is 5.73 Å². The van der Waals surface area contributed by atoms with Crippen molar-refractivity contribution in [1.82, 2.24) is 5.32 Å². The lowest BCUT2D eigenvalue weighted by atomic mass is 9.91. The third-order valence-corrected chi connectivity index (χ3v) is 4.30. The minimum absolute atomic E-state index is 0.126. The van der Waals surface area contributed by atoms with E-state index in [-0.39, 0.29) is 13.2 Å². The van der Waals surface area contributed by atoms with Crippen molar-refractivity contribution in [2.45, 2.75) is 32.4 Å². The molecule has 0 aliphatic carbocycles. The average molecular weight is 342 g/mol. The highest BCUT2D eigenvalue weighted by Gasteiger charge is 2.33. The first-order valence-corrected chi connectivity index (χ1v) is 8.31. The summed E-state index contributed by atoms with van der Waals surface area (Å²) in [6.07, 6.45) is -0.775. The maximum absolute atomic E-state index is 11.9. The number of aliphatic hydroxyl groups excluding tert-OH is 1. The van der Waals surface area contributed by atoms with Crippen LogP contribution in [0.1, 0.15) is 23.6 Å². The lowest BCUT2D eigenvalue weighted by Gasteiger charge is -2.29. The van der Waals surface area contributed by atoms with E-state index < -0.39 is 17.6 Å². The highest BCUT2D eigenvalue weighted by Crippen LogP contribution is 2.21. The van der Waals surface area contributed by atoms with Crippen LogP contribution >= 0.6 is 0 Å². The molecule has 5 nitrogen and oxygen atoms in total. The van der Waals surface area contributed by atoms with Crippen LogP contribution in [0.2, 0.25) is 0 Å². The van der Waals surface area contributed by atoms with E-state index in [1.54, 1.807) is 6.92 Å². The molecular weight excluding hydrogens is 316 g/mol. The first-order chi connectivity index (χ1) is 11.8. The molecule has 0 saturated heterocycles. The first kappa shape index (κ1) is 19.0. The summed E-state index contributed by atoms with van der Waals surface area (Å²) in [4.78, 5) is 11.9. The lowest BCUT2D eigenvalue weighted by molar-refractivity contribution is -0.124. The number of nitrogens with two attached hydrogens (primary N) is 1. The quantitative estimate of drug-likeness (QED) is 0.685. The fourth-order valence-corrected chi connectivity index (χ4v) is 2.63. The van der Waals surface area contributed by atoms with E-state index in [1.807, 2.05) is 62.4 Å². The number of aliphatic hydroxyl groups is 1. The summed E-state index contributed by atoms with van der Waals surface area (Å²) < 4.78 is 5.68. The lowest BCUT2D eigenvalue weighted by Crippen LogP contribution is -2.53. The number of benzene rings is 2. The largest absolute Gasteiger partial charge is 0.491 e. The molecule has 0 saturated carbocycles. The smallest absolute Gasteiger partial charge is 0.242 e. The predicted molar refractivity (Wildman–Crippen MR) is 98.4 cm³/mol. The number of primary amides is 1. The normalized spacial score (nSPS) is 14.6. The second-order valence-electron chi connectivity index (χ2n) is 6.47. The molecule has 2 atom stereocenters. The van der Waals surface area contributed by atoms with E-state index in [2.05, 4.69) is 5.32 Å². The zero-order valence-corrected chi connectivity index (χ0v) is 15.0. The molecule has 0 spiro atoms. The van der Waals surface area contributed by atoms with E-state index in [9.17, 15) is 9.90 Å². The highest BCUT2D eigenvalue weighted by atomic mass is 16.5. The van der Waals surface area contributed by atoms with Crippen LogP contribution in [-0.4, -0.2) is 30.3 Å². The van der Waals surface area contributed by atoms with Gasteiger partial charge >= 0.3 is 0 Å². The van der Waals surface area contributed by atoms with Gasteiger partial charge in [-0.15, -0.1) is 0 Å². The Labute approximate surface area is 148 Å². The minimum Gasteiger partial charge on any atom is -0.491 e. The van der Waals surface area contributed by atoms with Gasteiger partial charge in [0.15, 0.2) is 0 Å². The van der Waals surface area contributed by atoms with Gasteiger partial charge in [0.1, 0.15) is 24.0 Å². The zero-order valence-electron chi connectivity index (χ0n) is 15.0. The number of nitrogens with one attached hydrogen (secondary N) is 1. The van der Waals surface area contributed by atoms with Crippen molar-refractivity contribution in [1.29, 1.82) is 0 Å². The standard InChI is InChI=1S/C20H26N2O3/c1-14-9-10-18(15(2)11-14)25-13-17(23)12-22-20(3,19(21)24)16-7-5-4-6-8-16/h4-11,17,22-23H,12-13H2,1-3H3,(H2,21,24). The Balaban J connectivity index is 1.95. The van der Waals surface area contributed by atoms with Crippen LogP contribution in [0.25, 0.3) is 0 Å². The van der Waals surface area contributed by atoms with Crippen molar-refractivity contribution >= 4 is 5.91 Å². The van der Waals surface area contributed by atoms with Gasteiger partial charge in [0.25, 0.3) is 0 Å². The summed E-state index contributed by atoms with van der Waals surface area (Å²) in [5, 5.41) is 13.3. The van der Waals surface area contributed by atoms with Gasteiger partial charge < -0.3 is 15.6 Å². The van der Waals surface area contributed by atoms with Crippen LogP contribution in [0.15, 0.2) is 48.5 Å². The Morgan fingerprint density at radius 2 is 1.92 bits per heavy atom. The molecule has 0 aliphatic heterocycles. The summed E-state index contributed by atoms with van der Waals surface area (Å²) in [6.45, 7) is 6.00. The average Bonchev–Trinajstić information content (AvgIpc) is 2.59. The molecule has 0 bridgehead atoms. The van der Waals surface area contributed by atoms with Crippen LogP contribution in [-0.2, 0) is 10.3 Å². The molecule has 2 aromatic rings. The number of rotatable bonds is 8. The number of aryl methyl sites for hydroxylation is 2. The number of carbonyl (C=O) groups excluding carboxylic acids is 1. The third-order valence-electron chi connectivity index (χ3n) is 4.30. The second kappa shape index (κ2) is 8.14. The highest BCUT2D eigenvalue weighted by molar-refractivity contribution is 5.85. The number of carbonyl (C=O) groups is 1. The van der Waals surface area contributed by atoms with E-state index in [1.165, 1.54) is 0 Å². The Kier molecular flexibility index (Phi) is 6.17. The number of hydrogen-bond donors (Lipinski definition) is 3. The minimum atomic E-state index is -1.05. The SMILES string of the molecule is Cc1ccc(OCC(O)CNC(C)(C(N)=O)c2ccccc2)c(C)c1. The van der Waals surface area contributed by atoms with E-state index in [0.29, 0.717) is 0 Å². The zero-order chi connectivity index (χ0) is 18.4. The van der Waals surface area contributed by atoms with Crippen LogP contribution in [0.5, 0.6) is 5.75 Å². The van der Waals surface area contributed by atoms with E-state index >= 15 is 0 Å². The summed E-state index contributed by atoms with van der Waals surface area (Å²) in [5.41, 5.74) is 7.45. The maximum Gasteiger partial charge on any atom is 0.242 e. The van der Waals surface area contributed by atoms with Gasteiger partial charge in [-0.3, -0.25) is 10.1 Å². The number of hydrogen-bond acceptors (Lipinski definition) is 4. The molecule has 0 heterocycles. The van der Waals surface area contributed by atoms with Crippen LogP contribution in [0.3, 0.4) is 0 Å². The maximum atomic E-state index is 11.9. The molecule has 0 fully saturated rings. The first-order valence-electron chi connectivity index (χ1n) is 8.31. The topological polar surface area (TPSA) is 84.6 Å². The van der Waals surface area contributed by atoms with Crippen molar-refractivity contribution in [3.05, 3.63) is 65.2 Å². The van der Waals surface area contributed by atoms with Crippen molar-refractivity contribution in [2.75, 3.05) is 13.2 Å². The Morgan fingerprint density at radius 3 is 2.52 bits per heavy atom. The summed E-state index contributed by atoms with van der Waals surface area (Å²) in [5.74, 6) is 0.242. The van der Waals surface area contributed by atoms with Gasteiger partial charge in [-0.2, -0.15) is 0 Å². The van der Waals surface area contributed by atoms with Gasteiger partial charge in [0.2, 0.25) is 5.91 Å². The summed E-state index contributed by atoms with van der Waals surface area (Å²) in [6, 6.07) is 15.1. The molecule has 1 amide bonds. The molecular formula is C20H26N2O3. The van der Waals surface area contributed by atoms with Gasteiger partial charge in [-0.25, -0.2) is 0 Å². The summed E-state index contributed by atoms with van der Waals surface area (Å²) >= 11 is 0. The van der Waals surface area contributed by atoms with Crippen LogP contribution < -0.4 is 15.8 Å². The fraction of sp³-hybridized carbons (Fsp3) is 0.350. The Bertz CT molecular complexity index is 718. The van der Waals surface area contributed by atoms with Crippen LogP contribution in [0, 0.1) is 13.8 Å². The van der Waals surface area contributed by atoms with E-state index in [4.69, 9.17) is 10.5 Å². The fourth-order valence-electron chi connectivity index (χ4n) is 2.63. The van der Waals surface area contributed by atoms with Crippen molar-refractivity contribution in [3.63, 3.8) is 0 Å². The molecule has 0 radical (unpaired) electrons. The van der Waals surface area contributed by atoms with Gasteiger partial charge in [-0.1, -0.05) is 48.0 Å². The van der Waals surface area contributed by atoms with Gasteiger partial charge in [0, 0.05) is 6.54 Å². The predicted octanol–water partition coefficient (Wildman–Crippen LogP) is 2.03. The Hall–Kier alpha value is -2.37. The van der Waals surface area contributed by atoms with Crippen molar-refractivity contribution in [3.8, 4) is 5.75 Å². The molecule has 4 N–H and O–H groups in total.